The fourth-order valence-electron chi connectivity index (χ4n) is 3.17. The number of thioether (sulfide) groups is 1. The summed E-state index contributed by atoms with van der Waals surface area (Å²) in [6.07, 6.45) is 3.70. The number of hydrogen-bond acceptors (Lipinski definition) is 4. The maximum absolute atomic E-state index is 12.8. The average Bonchev–Trinajstić information content (AvgIpc) is 2.93. The van der Waals surface area contributed by atoms with E-state index in [-0.39, 0.29) is 16.1 Å². The Hall–Kier alpha value is -2.32. The van der Waals surface area contributed by atoms with Gasteiger partial charge in [0.05, 0.1) is 10.1 Å². The Morgan fingerprint density at radius 2 is 1.87 bits per heavy atom. The molecule has 1 fully saturated rings. The predicted molar refractivity (Wildman–Crippen MR) is 123 cm³/mol. The van der Waals surface area contributed by atoms with E-state index in [1.165, 1.54) is 23.9 Å². The summed E-state index contributed by atoms with van der Waals surface area (Å²) in [5, 5.41) is 2.49. The zero-order valence-electron chi connectivity index (χ0n) is 17.2. The normalized spacial score (nSPS) is 17.4. The second-order valence-electron chi connectivity index (χ2n) is 7.31. The van der Waals surface area contributed by atoms with Crippen LogP contribution in [0.15, 0.2) is 68.8 Å². The molecule has 30 heavy (non-hydrogen) atoms. The van der Waals surface area contributed by atoms with E-state index in [0.29, 0.717) is 17.9 Å². The predicted octanol–water partition coefficient (Wildman–Crippen LogP) is 4.40. The lowest BCUT2D eigenvalue weighted by molar-refractivity contribution is -0.115. The third-order valence-electron chi connectivity index (χ3n) is 4.88. The van der Waals surface area contributed by atoms with Gasteiger partial charge in [-0.15, -0.1) is 16.2 Å². The van der Waals surface area contributed by atoms with Gasteiger partial charge in [0.25, 0.3) is 10.0 Å². The van der Waals surface area contributed by atoms with Crippen LogP contribution >= 0.6 is 11.8 Å². The third-order valence-corrected chi connectivity index (χ3v) is 7.30. The van der Waals surface area contributed by atoms with Gasteiger partial charge >= 0.3 is 0 Å². The summed E-state index contributed by atoms with van der Waals surface area (Å²) in [5.41, 5.74) is 0.441. The van der Waals surface area contributed by atoms with E-state index in [1.54, 1.807) is 12.1 Å². The maximum Gasteiger partial charge on any atom is 0.284 e. The summed E-state index contributed by atoms with van der Waals surface area (Å²) in [4.78, 5) is 15.6. The van der Waals surface area contributed by atoms with Gasteiger partial charge in [0, 0.05) is 30.6 Å². The first-order valence-corrected chi connectivity index (χ1v) is 12.3. The molecule has 160 valence electrons. The molecule has 3 rings (SSSR count). The van der Waals surface area contributed by atoms with Gasteiger partial charge in [-0.3, -0.25) is 4.79 Å². The zero-order valence-corrected chi connectivity index (χ0v) is 18.9. The Kier molecular flexibility index (Phi) is 7.55. The summed E-state index contributed by atoms with van der Waals surface area (Å²) in [7, 11) is -1.97. The molecule has 0 aromatic heterocycles. The number of carbonyl (C=O) groups excluding carboxylic acids is 1. The van der Waals surface area contributed by atoms with E-state index in [2.05, 4.69) is 9.71 Å². The van der Waals surface area contributed by atoms with Crippen LogP contribution in [0.4, 0.5) is 5.69 Å². The highest BCUT2D eigenvalue weighted by Gasteiger charge is 2.20. The summed E-state index contributed by atoms with van der Waals surface area (Å²) in [5.74, 6) is 0.406. The molecule has 0 radical (unpaired) electrons. The molecule has 1 amide bonds. The molecule has 0 saturated carbocycles. The summed E-state index contributed by atoms with van der Waals surface area (Å²) in [6, 6.07) is 16.0. The van der Waals surface area contributed by atoms with Crippen molar-refractivity contribution in [2.24, 2.45) is 4.40 Å². The molecule has 2 aromatic rings. The summed E-state index contributed by atoms with van der Waals surface area (Å²) >= 11 is 1.45. The zero-order chi connectivity index (χ0) is 21.6. The number of sulfonamides is 1. The number of amidine groups is 1. The highest BCUT2D eigenvalue weighted by molar-refractivity contribution is 8.00. The summed E-state index contributed by atoms with van der Waals surface area (Å²) in [6.45, 7) is 2.63. The standard InChI is InChI=1S/C22H27N3O3S2/c1-17(29-19-11-5-3-6-12-19)22(26)23-18-10-9-13-20(16-18)30(27,28)24-21-14-7-4-8-15-25(21)2/h3,5-6,9-13,16-17H,4,7-8,14-15H2,1-2H3,(H,23,26). The third kappa shape index (κ3) is 6.09. The van der Waals surface area contributed by atoms with Crippen LogP contribution in [0.5, 0.6) is 0 Å². The van der Waals surface area contributed by atoms with Gasteiger partial charge in [-0.2, -0.15) is 8.42 Å². The lowest BCUT2D eigenvalue weighted by Gasteiger charge is -2.18. The SMILES string of the molecule is CC(Sc1ccccc1)C(=O)Nc1cccc(S(=O)(=O)N=C2CCCCCN2C)c1. The second kappa shape index (κ2) is 10.1. The van der Waals surface area contributed by atoms with Gasteiger partial charge in [-0.05, 0) is 50.1 Å². The molecular formula is C22H27N3O3S2. The molecule has 2 aromatic carbocycles. The van der Waals surface area contributed by atoms with E-state index in [0.717, 1.165) is 30.7 Å². The minimum absolute atomic E-state index is 0.0776. The van der Waals surface area contributed by atoms with Crippen LogP contribution < -0.4 is 5.32 Å². The number of rotatable bonds is 6. The Morgan fingerprint density at radius 3 is 2.63 bits per heavy atom. The molecule has 8 heteroatoms. The number of anilines is 1. The first kappa shape index (κ1) is 22.4. The first-order chi connectivity index (χ1) is 14.3. The van der Waals surface area contributed by atoms with Crippen molar-refractivity contribution in [3.8, 4) is 0 Å². The van der Waals surface area contributed by atoms with Crippen LogP contribution in [0.2, 0.25) is 0 Å². The minimum Gasteiger partial charge on any atom is -0.362 e. The van der Waals surface area contributed by atoms with Crippen molar-refractivity contribution in [1.29, 1.82) is 0 Å². The molecule has 1 heterocycles. The van der Waals surface area contributed by atoms with Crippen molar-refractivity contribution in [2.75, 3.05) is 18.9 Å². The number of amides is 1. The van der Waals surface area contributed by atoms with Crippen LogP contribution in [0.3, 0.4) is 0 Å². The number of nitrogens with one attached hydrogen (secondary N) is 1. The Bertz CT molecular complexity index is 1010. The quantitative estimate of drug-likeness (QED) is 0.667. The van der Waals surface area contributed by atoms with Crippen molar-refractivity contribution in [2.45, 2.75) is 47.6 Å². The number of likely N-dealkylation sites (tertiary alicyclic amines) is 1. The second-order valence-corrected chi connectivity index (χ2v) is 10.3. The van der Waals surface area contributed by atoms with Gasteiger partial charge in [0.15, 0.2) is 0 Å². The molecule has 1 unspecified atom stereocenters. The number of benzene rings is 2. The largest absolute Gasteiger partial charge is 0.362 e. The Morgan fingerprint density at radius 1 is 1.10 bits per heavy atom. The van der Waals surface area contributed by atoms with E-state index in [4.69, 9.17) is 0 Å². The fraction of sp³-hybridized carbons (Fsp3) is 0.364. The number of nitrogens with zero attached hydrogens (tertiary/aromatic N) is 2. The van der Waals surface area contributed by atoms with Crippen LogP contribution in [-0.4, -0.2) is 43.9 Å². The van der Waals surface area contributed by atoms with Crippen molar-refractivity contribution in [3.63, 3.8) is 0 Å². The van der Waals surface area contributed by atoms with E-state index in [9.17, 15) is 13.2 Å². The molecule has 1 atom stereocenters. The molecule has 1 aliphatic rings. The first-order valence-electron chi connectivity index (χ1n) is 10.0. The summed E-state index contributed by atoms with van der Waals surface area (Å²) < 4.78 is 29.8. The van der Waals surface area contributed by atoms with Crippen molar-refractivity contribution in [3.05, 3.63) is 54.6 Å². The molecule has 0 spiro atoms. The van der Waals surface area contributed by atoms with Gasteiger partial charge in [-0.1, -0.05) is 30.7 Å². The Labute approximate surface area is 182 Å². The molecule has 6 nitrogen and oxygen atoms in total. The smallest absolute Gasteiger partial charge is 0.284 e. The van der Waals surface area contributed by atoms with Crippen LogP contribution in [0, 0.1) is 0 Å². The van der Waals surface area contributed by atoms with Crippen LogP contribution in [-0.2, 0) is 14.8 Å². The van der Waals surface area contributed by atoms with Gasteiger partial charge in [0.1, 0.15) is 5.84 Å². The highest BCUT2D eigenvalue weighted by Crippen LogP contribution is 2.25. The number of hydrogen-bond donors (Lipinski definition) is 1. The van der Waals surface area contributed by atoms with Gasteiger partial charge in [0.2, 0.25) is 5.91 Å². The fourth-order valence-corrected chi connectivity index (χ4v) is 5.20. The molecule has 1 saturated heterocycles. The van der Waals surface area contributed by atoms with Crippen LogP contribution in [0.25, 0.3) is 0 Å². The lowest BCUT2D eigenvalue weighted by Crippen LogP contribution is -2.27. The molecule has 1 aliphatic heterocycles. The maximum atomic E-state index is 12.8. The number of carbonyl (C=O) groups is 1. The van der Waals surface area contributed by atoms with Crippen molar-refractivity contribution >= 4 is 39.2 Å². The monoisotopic (exact) mass is 445 g/mol. The lowest BCUT2D eigenvalue weighted by atomic mass is 10.2. The molecule has 1 N–H and O–H groups in total. The van der Waals surface area contributed by atoms with E-state index < -0.39 is 10.0 Å². The molecule has 0 bridgehead atoms. The highest BCUT2D eigenvalue weighted by atomic mass is 32.2. The van der Waals surface area contributed by atoms with Crippen molar-refractivity contribution in [1.82, 2.24) is 4.90 Å². The van der Waals surface area contributed by atoms with E-state index >= 15 is 0 Å². The Balaban J connectivity index is 1.72. The average molecular weight is 446 g/mol. The topological polar surface area (TPSA) is 78.8 Å². The molecule has 0 aliphatic carbocycles. The van der Waals surface area contributed by atoms with Crippen molar-refractivity contribution < 1.29 is 13.2 Å². The van der Waals surface area contributed by atoms with Gasteiger partial charge in [-0.25, -0.2) is 0 Å². The van der Waals surface area contributed by atoms with Crippen LogP contribution in [0.1, 0.15) is 32.6 Å². The van der Waals surface area contributed by atoms with E-state index in [1.807, 2.05) is 49.2 Å². The minimum atomic E-state index is -3.85. The molecular weight excluding hydrogens is 418 g/mol. The van der Waals surface area contributed by atoms with Gasteiger partial charge < -0.3 is 10.2 Å².